The molecule has 22 heavy (non-hydrogen) atoms. The third-order valence-corrected chi connectivity index (χ3v) is 5.00. The molecular formula is C15H20N2O4S. The number of anilines is 1. The molecule has 3 N–H and O–H groups in total. The Labute approximate surface area is 133 Å². The molecule has 0 aromatic carbocycles. The van der Waals surface area contributed by atoms with Gasteiger partial charge in [0.05, 0.1) is 12.2 Å². The third-order valence-electron chi connectivity index (χ3n) is 3.82. The fraction of sp³-hybridized carbons (Fsp3) is 0.533. The highest BCUT2D eigenvalue weighted by molar-refractivity contribution is 7.18. The van der Waals surface area contributed by atoms with E-state index in [0.717, 1.165) is 37.0 Å². The number of carbonyl (C=O) groups excluding carboxylic acids is 3. The van der Waals surface area contributed by atoms with Crippen LogP contribution in [-0.2, 0) is 9.53 Å². The Kier molecular flexibility index (Phi) is 5.18. The quantitative estimate of drug-likeness (QED) is 0.813. The summed E-state index contributed by atoms with van der Waals surface area (Å²) in [5, 5.41) is 3.10. The number of nitrogens with two attached hydrogens (primary N) is 1. The summed E-state index contributed by atoms with van der Waals surface area (Å²) in [7, 11) is 0. The second-order valence-electron chi connectivity index (χ2n) is 5.32. The Balaban J connectivity index is 2.29. The van der Waals surface area contributed by atoms with Gasteiger partial charge < -0.3 is 15.8 Å². The van der Waals surface area contributed by atoms with E-state index in [1.54, 1.807) is 13.8 Å². The van der Waals surface area contributed by atoms with E-state index < -0.39 is 11.9 Å². The number of esters is 1. The first kappa shape index (κ1) is 16.5. The zero-order valence-corrected chi connectivity index (χ0v) is 13.5. The molecule has 0 bridgehead atoms. The van der Waals surface area contributed by atoms with Crippen LogP contribution in [0.15, 0.2) is 0 Å². The van der Waals surface area contributed by atoms with Gasteiger partial charge in [-0.3, -0.25) is 9.59 Å². The molecule has 2 rings (SSSR count). The Morgan fingerprint density at radius 3 is 2.50 bits per heavy atom. The highest BCUT2D eigenvalue weighted by atomic mass is 32.1. The summed E-state index contributed by atoms with van der Waals surface area (Å²) >= 11 is 1.04. The predicted molar refractivity (Wildman–Crippen MR) is 84.1 cm³/mol. The molecule has 1 aliphatic rings. The Morgan fingerprint density at radius 1 is 1.32 bits per heavy atom. The van der Waals surface area contributed by atoms with Crippen molar-refractivity contribution in [1.29, 1.82) is 0 Å². The van der Waals surface area contributed by atoms with Gasteiger partial charge in [-0.05, 0) is 32.3 Å². The molecule has 6 nitrogen and oxygen atoms in total. The van der Waals surface area contributed by atoms with Crippen LogP contribution in [0.1, 0.15) is 58.2 Å². The van der Waals surface area contributed by atoms with Gasteiger partial charge >= 0.3 is 5.97 Å². The summed E-state index contributed by atoms with van der Waals surface area (Å²) in [5.74, 6) is -1.31. The molecule has 0 aliphatic heterocycles. The van der Waals surface area contributed by atoms with E-state index in [2.05, 4.69) is 5.32 Å². The van der Waals surface area contributed by atoms with Crippen LogP contribution < -0.4 is 11.1 Å². The normalized spacial score (nSPS) is 14.8. The van der Waals surface area contributed by atoms with E-state index >= 15 is 0 Å². The molecule has 0 unspecified atom stereocenters. The Hall–Kier alpha value is -1.89. The van der Waals surface area contributed by atoms with E-state index in [0.29, 0.717) is 15.4 Å². The number of amides is 2. The fourth-order valence-corrected chi connectivity index (χ4v) is 3.80. The van der Waals surface area contributed by atoms with Crippen molar-refractivity contribution < 1.29 is 19.1 Å². The molecule has 120 valence electrons. The van der Waals surface area contributed by atoms with Gasteiger partial charge in [-0.1, -0.05) is 12.8 Å². The number of hydrogen-bond donors (Lipinski definition) is 2. The minimum absolute atomic E-state index is 0.0332. The standard InChI is InChI=1S/C15H20N2O4S/c1-3-21-15(20)11-8(2)10(12(16)18)14(22-11)17-13(19)9-6-4-5-7-9/h9H,3-7H2,1-2H3,(H2,16,18)(H,17,19). The molecule has 1 fully saturated rings. The molecule has 1 aliphatic carbocycles. The summed E-state index contributed by atoms with van der Waals surface area (Å²) in [4.78, 5) is 36.1. The lowest BCUT2D eigenvalue weighted by molar-refractivity contribution is -0.119. The highest BCUT2D eigenvalue weighted by Gasteiger charge is 2.28. The molecule has 1 saturated carbocycles. The van der Waals surface area contributed by atoms with Crippen LogP contribution in [0.5, 0.6) is 0 Å². The largest absolute Gasteiger partial charge is 0.462 e. The number of thiophene rings is 1. The number of hydrogen-bond acceptors (Lipinski definition) is 5. The maximum atomic E-state index is 12.2. The van der Waals surface area contributed by atoms with Crippen molar-refractivity contribution in [2.75, 3.05) is 11.9 Å². The molecule has 1 aromatic heterocycles. The van der Waals surface area contributed by atoms with Gasteiger partial charge in [-0.25, -0.2) is 4.79 Å². The number of primary amides is 1. The van der Waals surface area contributed by atoms with E-state index in [1.165, 1.54) is 0 Å². The van der Waals surface area contributed by atoms with E-state index in [4.69, 9.17) is 10.5 Å². The SMILES string of the molecule is CCOC(=O)c1sc(NC(=O)C2CCCC2)c(C(N)=O)c1C. The van der Waals surface area contributed by atoms with Crippen LogP contribution in [0, 0.1) is 12.8 Å². The smallest absolute Gasteiger partial charge is 0.348 e. The molecule has 0 spiro atoms. The summed E-state index contributed by atoms with van der Waals surface area (Å²) in [6, 6.07) is 0. The summed E-state index contributed by atoms with van der Waals surface area (Å²) in [5.41, 5.74) is 6.05. The highest BCUT2D eigenvalue weighted by Crippen LogP contribution is 2.35. The first-order valence-corrected chi connectivity index (χ1v) is 8.18. The monoisotopic (exact) mass is 324 g/mol. The van der Waals surface area contributed by atoms with Crippen LogP contribution >= 0.6 is 11.3 Å². The molecule has 0 saturated heterocycles. The van der Waals surface area contributed by atoms with Crippen molar-refractivity contribution in [3.8, 4) is 0 Å². The predicted octanol–water partition coefficient (Wildman–Crippen LogP) is 2.46. The first-order chi connectivity index (χ1) is 10.5. The van der Waals surface area contributed by atoms with Gasteiger partial charge in [-0.2, -0.15) is 0 Å². The zero-order valence-electron chi connectivity index (χ0n) is 12.7. The number of nitrogens with one attached hydrogen (secondary N) is 1. The van der Waals surface area contributed by atoms with Crippen molar-refractivity contribution >= 4 is 34.1 Å². The van der Waals surface area contributed by atoms with Crippen molar-refractivity contribution in [3.05, 3.63) is 16.0 Å². The lowest BCUT2D eigenvalue weighted by atomic mass is 10.1. The number of ether oxygens (including phenoxy) is 1. The lowest BCUT2D eigenvalue weighted by Gasteiger charge is -2.09. The third kappa shape index (κ3) is 3.30. The van der Waals surface area contributed by atoms with Gasteiger partial charge in [0.15, 0.2) is 0 Å². The van der Waals surface area contributed by atoms with E-state index in [9.17, 15) is 14.4 Å². The van der Waals surface area contributed by atoms with E-state index in [1.807, 2.05) is 0 Å². The van der Waals surface area contributed by atoms with Gasteiger partial charge in [-0.15, -0.1) is 11.3 Å². The molecule has 1 aromatic rings. The fourth-order valence-electron chi connectivity index (χ4n) is 2.69. The molecule has 1 heterocycles. The molecular weight excluding hydrogens is 304 g/mol. The van der Waals surface area contributed by atoms with Crippen LogP contribution in [0.2, 0.25) is 0 Å². The van der Waals surface area contributed by atoms with Crippen LogP contribution in [0.3, 0.4) is 0 Å². The average Bonchev–Trinajstić information content (AvgIpc) is 3.07. The summed E-state index contributed by atoms with van der Waals surface area (Å²) in [6.07, 6.45) is 3.79. The molecule has 0 radical (unpaired) electrons. The number of carbonyl (C=O) groups is 3. The van der Waals surface area contributed by atoms with Gasteiger partial charge in [0.1, 0.15) is 9.88 Å². The number of rotatable bonds is 5. The second-order valence-corrected chi connectivity index (χ2v) is 6.34. The molecule has 0 atom stereocenters. The second kappa shape index (κ2) is 6.91. The van der Waals surface area contributed by atoms with Gasteiger partial charge in [0, 0.05) is 5.92 Å². The maximum Gasteiger partial charge on any atom is 0.348 e. The van der Waals surface area contributed by atoms with Crippen LogP contribution in [0.25, 0.3) is 0 Å². The molecule has 2 amide bonds. The maximum absolute atomic E-state index is 12.2. The Morgan fingerprint density at radius 2 is 1.95 bits per heavy atom. The summed E-state index contributed by atoms with van der Waals surface area (Å²) in [6.45, 7) is 3.58. The minimum atomic E-state index is -0.661. The van der Waals surface area contributed by atoms with Crippen LogP contribution in [0.4, 0.5) is 5.00 Å². The lowest BCUT2D eigenvalue weighted by Crippen LogP contribution is -2.22. The first-order valence-electron chi connectivity index (χ1n) is 7.36. The Bertz CT molecular complexity index is 603. The van der Waals surface area contributed by atoms with Crippen LogP contribution in [-0.4, -0.2) is 24.4 Å². The van der Waals surface area contributed by atoms with E-state index in [-0.39, 0.29) is 24.0 Å². The van der Waals surface area contributed by atoms with Crippen molar-refractivity contribution in [3.63, 3.8) is 0 Å². The van der Waals surface area contributed by atoms with Gasteiger partial charge in [0.2, 0.25) is 5.91 Å². The van der Waals surface area contributed by atoms with Crippen molar-refractivity contribution in [2.24, 2.45) is 11.7 Å². The van der Waals surface area contributed by atoms with Crippen molar-refractivity contribution in [2.45, 2.75) is 39.5 Å². The topological polar surface area (TPSA) is 98.5 Å². The minimum Gasteiger partial charge on any atom is -0.462 e. The van der Waals surface area contributed by atoms with Gasteiger partial charge in [0.25, 0.3) is 5.91 Å². The summed E-state index contributed by atoms with van der Waals surface area (Å²) < 4.78 is 4.97. The molecule has 7 heteroatoms. The average molecular weight is 324 g/mol. The zero-order chi connectivity index (χ0) is 16.3. The van der Waals surface area contributed by atoms with Crippen molar-refractivity contribution in [1.82, 2.24) is 0 Å².